The van der Waals surface area contributed by atoms with E-state index in [1.807, 2.05) is 12.2 Å². The SMILES string of the molecule is C[Si](C)(C)NC1=C=CC=C1. The molecule has 1 nitrogen and oxygen atoms in total. The molecule has 1 aliphatic carbocycles. The predicted octanol–water partition coefficient (Wildman–Crippen LogP) is 2.02. The molecule has 0 aliphatic heterocycles. The van der Waals surface area contributed by atoms with Crippen molar-refractivity contribution in [3.05, 3.63) is 29.7 Å². The lowest BCUT2D eigenvalue weighted by molar-refractivity contribution is 1.18. The summed E-state index contributed by atoms with van der Waals surface area (Å²) in [4.78, 5) is 3.44. The van der Waals surface area contributed by atoms with Gasteiger partial charge in [0.05, 0.1) is 5.70 Å². The summed E-state index contributed by atoms with van der Waals surface area (Å²) in [5.74, 6) is 0. The first-order valence-corrected chi connectivity index (χ1v) is 6.99. The minimum atomic E-state index is -1.14. The van der Waals surface area contributed by atoms with E-state index in [4.69, 9.17) is 0 Å². The first kappa shape index (κ1) is 7.38. The van der Waals surface area contributed by atoms with Gasteiger partial charge in [-0.05, 0) is 12.2 Å². The van der Waals surface area contributed by atoms with Crippen LogP contribution in [0.1, 0.15) is 0 Å². The third kappa shape index (κ3) is 2.25. The molecule has 0 atom stereocenters. The van der Waals surface area contributed by atoms with Gasteiger partial charge in [0.25, 0.3) is 0 Å². The van der Waals surface area contributed by atoms with Crippen LogP contribution in [0, 0.1) is 0 Å². The maximum absolute atomic E-state index is 3.44. The summed E-state index contributed by atoms with van der Waals surface area (Å²) in [5, 5.41) is 0. The molecule has 0 bridgehead atoms. The summed E-state index contributed by atoms with van der Waals surface area (Å²) in [5.41, 5.74) is 4.26. The van der Waals surface area contributed by atoms with Crippen molar-refractivity contribution >= 4 is 8.24 Å². The molecule has 0 aromatic heterocycles. The molecular weight excluding hydrogens is 138 g/mol. The Morgan fingerprint density at radius 1 is 1.40 bits per heavy atom. The minimum Gasteiger partial charge on any atom is -0.405 e. The zero-order valence-electron chi connectivity index (χ0n) is 6.73. The van der Waals surface area contributed by atoms with E-state index in [1.54, 1.807) is 0 Å². The van der Waals surface area contributed by atoms with Crippen LogP contribution in [0.25, 0.3) is 0 Å². The number of hydrogen-bond acceptors (Lipinski definition) is 1. The van der Waals surface area contributed by atoms with Gasteiger partial charge in [0.1, 0.15) is 8.24 Å². The van der Waals surface area contributed by atoms with Gasteiger partial charge in [0, 0.05) is 0 Å². The van der Waals surface area contributed by atoms with E-state index in [0.29, 0.717) is 0 Å². The molecule has 54 valence electrons. The second kappa shape index (κ2) is 2.49. The summed E-state index contributed by atoms with van der Waals surface area (Å²) >= 11 is 0. The van der Waals surface area contributed by atoms with Crippen molar-refractivity contribution in [2.75, 3.05) is 0 Å². The molecule has 0 spiro atoms. The highest BCUT2D eigenvalue weighted by molar-refractivity contribution is 6.74. The normalized spacial score (nSPS) is 15.7. The van der Waals surface area contributed by atoms with Gasteiger partial charge in [-0.25, -0.2) is 0 Å². The largest absolute Gasteiger partial charge is 0.405 e. The topological polar surface area (TPSA) is 12.0 Å². The number of nitrogens with one attached hydrogen (secondary N) is 1. The van der Waals surface area contributed by atoms with Gasteiger partial charge in [-0.3, -0.25) is 0 Å². The molecule has 0 aromatic carbocycles. The van der Waals surface area contributed by atoms with Crippen LogP contribution in [0.5, 0.6) is 0 Å². The van der Waals surface area contributed by atoms with Gasteiger partial charge in [-0.15, -0.1) is 0 Å². The summed E-state index contributed by atoms with van der Waals surface area (Å²) in [6.45, 7) is 6.82. The van der Waals surface area contributed by atoms with Crippen LogP contribution in [0.15, 0.2) is 29.7 Å². The molecule has 0 heterocycles. The second-order valence-electron chi connectivity index (χ2n) is 3.46. The monoisotopic (exact) mass is 151 g/mol. The van der Waals surface area contributed by atoms with Crippen LogP contribution in [0.4, 0.5) is 0 Å². The standard InChI is InChI=1S/C8H13NSi/c1-10(2,3)9-8-6-4-5-7-8/h4-6,9H,1-3H3. The highest BCUT2D eigenvalue weighted by Gasteiger charge is 2.12. The predicted molar refractivity (Wildman–Crippen MR) is 47.2 cm³/mol. The van der Waals surface area contributed by atoms with Crippen molar-refractivity contribution in [2.45, 2.75) is 19.6 Å². The van der Waals surface area contributed by atoms with E-state index < -0.39 is 8.24 Å². The molecule has 0 radical (unpaired) electrons. The molecule has 0 aromatic rings. The molecule has 0 unspecified atom stereocenters. The van der Waals surface area contributed by atoms with Crippen molar-refractivity contribution in [3.8, 4) is 0 Å². The molecule has 10 heavy (non-hydrogen) atoms. The molecule has 1 aliphatic rings. The molecule has 2 heteroatoms. The zero-order valence-corrected chi connectivity index (χ0v) is 7.73. The Hall–Kier alpha value is -0.723. The Balaban J connectivity index is 2.56. The molecular formula is C8H13NSi. The van der Waals surface area contributed by atoms with Gasteiger partial charge in [-0.2, -0.15) is 0 Å². The van der Waals surface area contributed by atoms with Gasteiger partial charge in [0.2, 0.25) is 0 Å². The minimum absolute atomic E-state index is 1.14. The van der Waals surface area contributed by atoms with Crippen molar-refractivity contribution in [1.82, 2.24) is 4.98 Å². The fourth-order valence-electron chi connectivity index (χ4n) is 0.812. The summed E-state index contributed by atoms with van der Waals surface area (Å²) in [6.07, 6.45) is 5.99. The fraction of sp³-hybridized carbons (Fsp3) is 0.375. The van der Waals surface area contributed by atoms with Crippen LogP contribution in [-0.4, -0.2) is 8.24 Å². The van der Waals surface area contributed by atoms with E-state index in [2.05, 4.69) is 36.4 Å². The average Bonchev–Trinajstić information content (AvgIpc) is 2.12. The molecule has 1 rings (SSSR count). The van der Waals surface area contributed by atoms with Gasteiger partial charge in [-0.1, -0.05) is 31.4 Å². The number of allylic oxidation sites excluding steroid dienone is 2. The lowest BCUT2D eigenvalue weighted by Crippen LogP contribution is -2.39. The maximum atomic E-state index is 3.44. The van der Waals surface area contributed by atoms with Gasteiger partial charge in [0.15, 0.2) is 0 Å². The fourth-order valence-corrected chi connectivity index (χ4v) is 1.78. The van der Waals surface area contributed by atoms with Crippen LogP contribution < -0.4 is 4.98 Å². The summed E-state index contributed by atoms with van der Waals surface area (Å²) in [6, 6.07) is 0. The van der Waals surface area contributed by atoms with E-state index in [9.17, 15) is 0 Å². The Kier molecular flexibility index (Phi) is 1.84. The first-order valence-electron chi connectivity index (χ1n) is 3.49. The highest BCUT2D eigenvalue weighted by atomic mass is 28.3. The van der Waals surface area contributed by atoms with Crippen LogP contribution >= 0.6 is 0 Å². The molecule has 0 amide bonds. The van der Waals surface area contributed by atoms with E-state index in [-0.39, 0.29) is 0 Å². The Morgan fingerprint density at radius 2 is 2.10 bits per heavy atom. The number of hydrogen-bond donors (Lipinski definition) is 1. The molecule has 0 fully saturated rings. The van der Waals surface area contributed by atoms with Crippen LogP contribution in [-0.2, 0) is 0 Å². The molecule has 0 saturated heterocycles. The van der Waals surface area contributed by atoms with Crippen molar-refractivity contribution in [1.29, 1.82) is 0 Å². The van der Waals surface area contributed by atoms with Crippen LogP contribution in [0.2, 0.25) is 19.6 Å². The van der Waals surface area contributed by atoms with E-state index >= 15 is 0 Å². The van der Waals surface area contributed by atoms with Gasteiger partial charge >= 0.3 is 0 Å². The van der Waals surface area contributed by atoms with Crippen molar-refractivity contribution in [3.63, 3.8) is 0 Å². The first-order chi connectivity index (χ1) is 4.58. The third-order valence-electron chi connectivity index (χ3n) is 1.11. The Bertz CT molecular complexity index is 214. The zero-order chi connectivity index (χ0) is 7.61. The maximum Gasteiger partial charge on any atom is 0.144 e. The van der Waals surface area contributed by atoms with Crippen molar-refractivity contribution in [2.24, 2.45) is 0 Å². The lowest BCUT2D eigenvalue weighted by Gasteiger charge is -2.18. The quantitative estimate of drug-likeness (QED) is 0.470. The van der Waals surface area contributed by atoms with E-state index in [1.165, 1.54) is 0 Å². The smallest absolute Gasteiger partial charge is 0.144 e. The Labute approximate surface area is 63.2 Å². The third-order valence-corrected chi connectivity index (χ3v) is 2.13. The van der Waals surface area contributed by atoms with Crippen LogP contribution in [0.3, 0.4) is 0 Å². The highest BCUT2D eigenvalue weighted by Crippen LogP contribution is 2.03. The lowest BCUT2D eigenvalue weighted by atomic mass is 10.5. The van der Waals surface area contributed by atoms with Gasteiger partial charge < -0.3 is 4.98 Å². The molecule has 1 N–H and O–H groups in total. The van der Waals surface area contributed by atoms with E-state index in [0.717, 1.165) is 5.70 Å². The molecule has 0 saturated carbocycles. The van der Waals surface area contributed by atoms with Crippen molar-refractivity contribution < 1.29 is 0 Å². The average molecular weight is 151 g/mol. The Morgan fingerprint density at radius 3 is 2.50 bits per heavy atom. The summed E-state index contributed by atoms with van der Waals surface area (Å²) in [7, 11) is -1.14. The summed E-state index contributed by atoms with van der Waals surface area (Å²) < 4.78 is 0. The second-order valence-corrected chi connectivity index (χ2v) is 8.21. The number of rotatable bonds is 2.